The number of hydrogen-bond acceptors (Lipinski definition) is 2. The molecule has 2 N–H and O–H groups in total. The van der Waals surface area contributed by atoms with Gasteiger partial charge in [-0.15, -0.1) is 0 Å². The quantitative estimate of drug-likeness (QED) is 0.521. The third kappa shape index (κ3) is 11.8. The van der Waals surface area contributed by atoms with Gasteiger partial charge in [-0.05, 0) is 18.8 Å². The zero-order valence-corrected chi connectivity index (χ0v) is 10.2. The fraction of sp³-hybridized carbons (Fsp3) is 1.00. The molecule has 0 aliphatic rings. The van der Waals surface area contributed by atoms with Gasteiger partial charge in [0, 0.05) is 13.2 Å². The highest BCUT2D eigenvalue weighted by Gasteiger charge is 1.98. The smallest absolute Gasteiger partial charge is 0.0456 e. The molecule has 1 unspecified atom stereocenters. The molecule has 0 radical (unpaired) electrons. The van der Waals surface area contributed by atoms with E-state index in [1.807, 2.05) is 0 Å². The molecule has 0 bridgehead atoms. The van der Waals surface area contributed by atoms with Gasteiger partial charge in [0.15, 0.2) is 0 Å². The maximum atomic E-state index is 8.84. The fourth-order valence-corrected chi connectivity index (χ4v) is 1.76. The highest BCUT2D eigenvalue weighted by Crippen LogP contribution is 2.12. The predicted molar refractivity (Wildman–Crippen MR) is 64.9 cm³/mol. The van der Waals surface area contributed by atoms with Gasteiger partial charge >= 0.3 is 0 Å². The Bertz CT molecular complexity index is 115. The van der Waals surface area contributed by atoms with Crippen LogP contribution in [-0.2, 0) is 0 Å². The van der Waals surface area contributed by atoms with Crippen molar-refractivity contribution in [2.24, 2.45) is 5.92 Å². The molecule has 0 amide bonds. The van der Waals surface area contributed by atoms with E-state index in [1.165, 1.54) is 51.4 Å². The van der Waals surface area contributed by atoms with Gasteiger partial charge in [0.2, 0.25) is 0 Å². The summed E-state index contributed by atoms with van der Waals surface area (Å²) in [6.07, 6.45) is 11.1. The lowest BCUT2D eigenvalue weighted by Crippen LogP contribution is -1.99. The molecule has 0 spiro atoms. The molecule has 0 aliphatic carbocycles. The second-order valence-electron chi connectivity index (χ2n) is 4.63. The second kappa shape index (κ2) is 12.0. The van der Waals surface area contributed by atoms with Crippen LogP contribution in [0.4, 0.5) is 0 Å². The number of aliphatic hydroxyl groups is 2. The summed E-state index contributed by atoms with van der Waals surface area (Å²) in [6.45, 7) is 2.79. The molecule has 0 rings (SSSR count). The van der Waals surface area contributed by atoms with Crippen LogP contribution in [-0.4, -0.2) is 23.4 Å². The Kier molecular flexibility index (Phi) is 11.9. The minimum absolute atomic E-state index is 0.334. The van der Waals surface area contributed by atoms with E-state index in [-0.39, 0.29) is 0 Å². The molecule has 15 heavy (non-hydrogen) atoms. The highest BCUT2D eigenvalue weighted by atomic mass is 16.3. The molecular formula is C13H28O2. The van der Waals surface area contributed by atoms with Crippen LogP contribution in [0.1, 0.15) is 64.7 Å². The zero-order chi connectivity index (χ0) is 11.4. The number of aliphatic hydroxyl groups excluding tert-OH is 2. The van der Waals surface area contributed by atoms with Crippen LogP contribution in [0.5, 0.6) is 0 Å². The Balaban J connectivity index is 2.92. The Morgan fingerprint density at radius 2 is 1.20 bits per heavy atom. The van der Waals surface area contributed by atoms with Crippen molar-refractivity contribution in [2.75, 3.05) is 13.2 Å². The van der Waals surface area contributed by atoms with Crippen molar-refractivity contribution in [2.45, 2.75) is 64.7 Å². The van der Waals surface area contributed by atoms with Gasteiger partial charge in [0.1, 0.15) is 0 Å². The van der Waals surface area contributed by atoms with E-state index in [1.54, 1.807) is 0 Å². The van der Waals surface area contributed by atoms with E-state index in [9.17, 15) is 0 Å². The van der Waals surface area contributed by atoms with E-state index in [0.717, 1.165) is 6.42 Å². The Morgan fingerprint density at radius 3 is 1.67 bits per heavy atom. The van der Waals surface area contributed by atoms with E-state index >= 15 is 0 Å². The minimum Gasteiger partial charge on any atom is -0.396 e. The van der Waals surface area contributed by atoms with Crippen LogP contribution in [0, 0.1) is 5.92 Å². The van der Waals surface area contributed by atoms with Crippen molar-refractivity contribution in [3.63, 3.8) is 0 Å². The van der Waals surface area contributed by atoms with E-state index in [0.29, 0.717) is 19.1 Å². The molecule has 92 valence electrons. The predicted octanol–water partition coefficient (Wildman–Crippen LogP) is 3.12. The van der Waals surface area contributed by atoms with Crippen LogP contribution in [0.25, 0.3) is 0 Å². The summed E-state index contributed by atoms with van der Waals surface area (Å²) in [7, 11) is 0. The lowest BCUT2D eigenvalue weighted by Gasteiger charge is -2.06. The first-order valence-electron chi connectivity index (χ1n) is 6.53. The van der Waals surface area contributed by atoms with E-state index < -0.39 is 0 Å². The maximum absolute atomic E-state index is 8.84. The summed E-state index contributed by atoms with van der Waals surface area (Å²) in [5, 5.41) is 17.4. The first-order valence-corrected chi connectivity index (χ1v) is 6.53. The van der Waals surface area contributed by atoms with Crippen LogP contribution < -0.4 is 0 Å². The first kappa shape index (κ1) is 14.9. The Labute approximate surface area is 94.7 Å². The van der Waals surface area contributed by atoms with Crippen molar-refractivity contribution >= 4 is 0 Å². The summed E-state index contributed by atoms with van der Waals surface area (Å²) in [6, 6.07) is 0. The lowest BCUT2D eigenvalue weighted by atomic mass is 10.0. The normalized spacial score (nSPS) is 13.0. The zero-order valence-electron chi connectivity index (χ0n) is 10.2. The molecule has 0 aromatic heterocycles. The minimum atomic E-state index is 0.334. The van der Waals surface area contributed by atoms with E-state index in [2.05, 4.69) is 6.92 Å². The fourth-order valence-electron chi connectivity index (χ4n) is 1.76. The molecule has 0 saturated carbocycles. The molecule has 2 heteroatoms. The number of unbranched alkanes of at least 4 members (excludes halogenated alkanes) is 7. The molecule has 0 saturated heterocycles. The van der Waals surface area contributed by atoms with E-state index in [4.69, 9.17) is 10.2 Å². The van der Waals surface area contributed by atoms with Crippen LogP contribution in [0.15, 0.2) is 0 Å². The second-order valence-corrected chi connectivity index (χ2v) is 4.63. The van der Waals surface area contributed by atoms with Gasteiger partial charge < -0.3 is 10.2 Å². The van der Waals surface area contributed by atoms with Gasteiger partial charge in [-0.3, -0.25) is 0 Å². The van der Waals surface area contributed by atoms with Crippen LogP contribution >= 0.6 is 0 Å². The third-order valence-electron chi connectivity index (χ3n) is 2.92. The summed E-state index contributed by atoms with van der Waals surface area (Å²) in [5.41, 5.74) is 0. The largest absolute Gasteiger partial charge is 0.396 e. The van der Waals surface area contributed by atoms with Gasteiger partial charge in [0.25, 0.3) is 0 Å². The van der Waals surface area contributed by atoms with Gasteiger partial charge in [-0.1, -0.05) is 51.9 Å². The summed E-state index contributed by atoms with van der Waals surface area (Å²) < 4.78 is 0. The Morgan fingerprint density at radius 1 is 0.733 bits per heavy atom. The van der Waals surface area contributed by atoms with Gasteiger partial charge in [0.05, 0.1) is 0 Å². The third-order valence-corrected chi connectivity index (χ3v) is 2.92. The molecule has 2 nitrogen and oxygen atoms in total. The molecular weight excluding hydrogens is 188 g/mol. The first-order chi connectivity index (χ1) is 7.31. The van der Waals surface area contributed by atoms with Crippen LogP contribution in [0.3, 0.4) is 0 Å². The standard InChI is InChI=1S/C13H28O2/c1-13(12-15)10-8-6-4-2-3-5-7-9-11-14/h13-15H,2-12H2,1H3. The molecule has 0 aliphatic heterocycles. The molecule has 0 fully saturated rings. The molecule has 0 aromatic rings. The van der Waals surface area contributed by atoms with Gasteiger partial charge in [-0.25, -0.2) is 0 Å². The van der Waals surface area contributed by atoms with Crippen LogP contribution in [0.2, 0.25) is 0 Å². The van der Waals surface area contributed by atoms with Crippen molar-refractivity contribution in [1.29, 1.82) is 0 Å². The lowest BCUT2D eigenvalue weighted by molar-refractivity contribution is 0.227. The number of hydrogen-bond donors (Lipinski definition) is 2. The summed E-state index contributed by atoms with van der Waals surface area (Å²) >= 11 is 0. The average molecular weight is 216 g/mol. The molecule has 0 aromatic carbocycles. The number of rotatable bonds is 11. The maximum Gasteiger partial charge on any atom is 0.0456 e. The SMILES string of the molecule is CC(CO)CCCCCCCCCCO. The summed E-state index contributed by atoms with van der Waals surface area (Å²) in [5.74, 6) is 0.481. The monoisotopic (exact) mass is 216 g/mol. The van der Waals surface area contributed by atoms with Crippen molar-refractivity contribution in [1.82, 2.24) is 0 Å². The van der Waals surface area contributed by atoms with Crippen molar-refractivity contribution in [3.8, 4) is 0 Å². The summed E-state index contributed by atoms with van der Waals surface area (Å²) in [4.78, 5) is 0. The molecule has 1 atom stereocenters. The average Bonchev–Trinajstić information content (AvgIpc) is 2.26. The van der Waals surface area contributed by atoms with Crippen molar-refractivity contribution in [3.05, 3.63) is 0 Å². The highest BCUT2D eigenvalue weighted by molar-refractivity contribution is 4.52. The topological polar surface area (TPSA) is 40.5 Å². The van der Waals surface area contributed by atoms with Gasteiger partial charge in [-0.2, -0.15) is 0 Å². The Hall–Kier alpha value is -0.0800. The molecule has 0 heterocycles. The van der Waals surface area contributed by atoms with Crippen molar-refractivity contribution < 1.29 is 10.2 Å².